The molecule has 0 bridgehead atoms. The highest BCUT2D eigenvalue weighted by Gasteiger charge is 2.21. The van der Waals surface area contributed by atoms with Crippen LogP contribution in [0.5, 0.6) is 0 Å². The minimum Gasteiger partial charge on any atom is -0.461 e. The molecule has 0 atom stereocenters. The van der Waals surface area contributed by atoms with Gasteiger partial charge < -0.3 is 9.30 Å². The molecule has 0 N–H and O–H groups in total. The van der Waals surface area contributed by atoms with Gasteiger partial charge in [-0.15, -0.1) is 0 Å². The van der Waals surface area contributed by atoms with Crippen LogP contribution in [-0.4, -0.2) is 22.1 Å². The third kappa shape index (κ3) is 3.32. The zero-order chi connectivity index (χ0) is 13.7. The Morgan fingerprint density at radius 3 is 2.72 bits per heavy atom. The second kappa shape index (κ2) is 6.18. The molecule has 6 heteroatoms. The Bertz CT molecular complexity index is 437. The zero-order valence-corrected chi connectivity index (χ0v) is 10.9. The van der Waals surface area contributed by atoms with Crippen LogP contribution in [0, 0.1) is 10.1 Å². The Balaban J connectivity index is 2.91. The fourth-order valence-electron chi connectivity index (χ4n) is 1.54. The van der Waals surface area contributed by atoms with Crippen LogP contribution < -0.4 is 0 Å². The molecule has 0 amide bonds. The maximum Gasteiger partial charge on any atom is 0.355 e. The van der Waals surface area contributed by atoms with Crippen molar-refractivity contribution in [2.24, 2.45) is 0 Å². The van der Waals surface area contributed by atoms with Gasteiger partial charge in [-0.2, -0.15) is 0 Å². The van der Waals surface area contributed by atoms with E-state index in [0.29, 0.717) is 6.61 Å². The summed E-state index contributed by atoms with van der Waals surface area (Å²) in [4.78, 5) is 22.0. The summed E-state index contributed by atoms with van der Waals surface area (Å²) < 4.78 is 6.63. The molecule has 18 heavy (non-hydrogen) atoms. The third-order valence-corrected chi connectivity index (χ3v) is 2.54. The molecule has 100 valence electrons. The van der Waals surface area contributed by atoms with Gasteiger partial charge in [-0.25, -0.2) is 4.79 Å². The summed E-state index contributed by atoms with van der Waals surface area (Å²) in [5.41, 5.74) is 0.138. The SMILES string of the molecule is CCCCOC(=O)c1cc([N+](=O)[O-])cn1C(C)C. The Morgan fingerprint density at radius 2 is 2.22 bits per heavy atom. The molecule has 1 rings (SSSR count). The van der Waals surface area contributed by atoms with Crippen LogP contribution in [0.1, 0.15) is 50.1 Å². The van der Waals surface area contributed by atoms with Crippen molar-refractivity contribution in [3.05, 3.63) is 28.1 Å². The van der Waals surface area contributed by atoms with E-state index in [0.717, 1.165) is 12.8 Å². The van der Waals surface area contributed by atoms with Crippen molar-refractivity contribution < 1.29 is 14.5 Å². The van der Waals surface area contributed by atoms with Gasteiger partial charge in [0.1, 0.15) is 5.69 Å². The smallest absolute Gasteiger partial charge is 0.355 e. The summed E-state index contributed by atoms with van der Waals surface area (Å²) in [6.07, 6.45) is 3.08. The van der Waals surface area contributed by atoms with Crippen molar-refractivity contribution in [3.63, 3.8) is 0 Å². The first-order valence-corrected chi connectivity index (χ1v) is 6.00. The lowest BCUT2D eigenvalue weighted by atomic mass is 10.3. The first-order valence-electron chi connectivity index (χ1n) is 6.00. The number of hydrogen-bond acceptors (Lipinski definition) is 4. The number of ether oxygens (including phenoxy) is 1. The van der Waals surface area contributed by atoms with E-state index < -0.39 is 10.9 Å². The molecule has 0 unspecified atom stereocenters. The van der Waals surface area contributed by atoms with E-state index in [1.807, 2.05) is 20.8 Å². The molecule has 0 saturated heterocycles. The summed E-state index contributed by atoms with van der Waals surface area (Å²) in [6.45, 7) is 6.04. The molecular formula is C12H18N2O4. The molecule has 0 aliphatic heterocycles. The summed E-state index contributed by atoms with van der Waals surface area (Å²) in [5.74, 6) is -0.509. The topological polar surface area (TPSA) is 74.4 Å². The zero-order valence-electron chi connectivity index (χ0n) is 10.9. The summed E-state index contributed by atoms with van der Waals surface area (Å²) in [5, 5.41) is 10.7. The highest BCUT2D eigenvalue weighted by Crippen LogP contribution is 2.21. The number of nitrogens with zero attached hydrogens (tertiary/aromatic N) is 2. The largest absolute Gasteiger partial charge is 0.461 e. The van der Waals surface area contributed by atoms with E-state index >= 15 is 0 Å². The van der Waals surface area contributed by atoms with Gasteiger partial charge in [0.2, 0.25) is 0 Å². The van der Waals surface area contributed by atoms with E-state index in [1.165, 1.54) is 12.3 Å². The Hall–Kier alpha value is -1.85. The molecule has 1 heterocycles. The van der Waals surface area contributed by atoms with E-state index in [1.54, 1.807) is 4.57 Å². The lowest BCUT2D eigenvalue weighted by Gasteiger charge is -2.11. The molecule has 0 saturated carbocycles. The van der Waals surface area contributed by atoms with Crippen LogP contribution in [0.15, 0.2) is 12.3 Å². The van der Waals surface area contributed by atoms with Gasteiger partial charge in [0.25, 0.3) is 5.69 Å². The second-order valence-electron chi connectivity index (χ2n) is 4.33. The van der Waals surface area contributed by atoms with Crippen LogP contribution in [0.2, 0.25) is 0 Å². The molecular weight excluding hydrogens is 236 g/mol. The average Bonchev–Trinajstić information content (AvgIpc) is 2.74. The van der Waals surface area contributed by atoms with Crippen LogP contribution in [0.25, 0.3) is 0 Å². The number of hydrogen-bond donors (Lipinski definition) is 0. The second-order valence-corrected chi connectivity index (χ2v) is 4.33. The molecule has 0 aliphatic carbocycles. The summed E-state index contributed by atoms with van der Waals surface area (Å²) in [7, 11) is 0. The highest BCUT2D eigenvalue weighted by molar-refractivity contribution is 5.88. The van der Waals surface area contributed by atoms with Gasteiger partial charge >= 0.3 is 5.97 Å². The van der Waals surface area contributed by atoms with Gasteiger partial charge in [0, 0.05) is 12.1 Å². The van der Waals surface area contributed by atoms with Crippen molar-refractivity contribution >= 4 is 11.7 Å². The predicted octanol–water partition coefficient (Wildman–Crippen LogP) is 2.93. The normalized spacial score (nSPS) is 10.7. The lowest BCUT2D eigenvalue weighted by molar-refractivity contribution is -0.384. The Labute approximate surface area is 106 Å². The summed E-state index contributed by atoms with van der Waals surface area (Å²) in [6, 6.07) is 1.22. The van der Waals surface area contributed by atoms with Gasteiger partial charge in [-0.05, 0) is 20.3 Å². The molecule has 0 radical (unpaired) electrons. The standard InChI is InChI=1S/C12H18N2O4/c1-4-5-6-18-12(15)11-7-10(14(16)17)8-13(11)9(2)3/h7-9H,4-6H2,1-3H3. The molecule has 0 aliphatic rings. The van der Waals surface area contributed by atoms with E-state index in [2.05, 4.69) is 0 Å². The van der Waals surface area contributed by atoms with Gasteiger partial charge in [0.05, 0.1) is 17.7 Å². The fourth-order valence-corrected chi connectivity index (χ4v) is 1.54. The van der Waals surface area contributed by atoms with E-state index in [-0.39, 0.29) is 17.4 Å². The van der Waals surface area contributed by atoms with Crippen LogP contribution in [-0.2, 0) is 4.74 Å². The highest BCUT2D eigenvalue weighted by atomic mass is 16.6. The number of carbonyl (C=O) groups excluding carboxylic acids is 1. The van der Waals surface area contributed by atoms with Crippen molar-refractivity contribution in [3.8, 4) is 0 Å². The average molecular weight is 254 g/mol. The van der Waals surface area contributed by atoms with Crippen LogP contribution in [0.4, 0.5) is 5.69 Å². The number of nitro groups is 1. The van der Waals surface area contributed by atoms with E-state index in [9.17, 15) is 14.9 Å². The van der Waals surface area contributed by atoms with Crippen molar-refractivity contribution in [1.29, 1.82) is 0 Å². The number of esters is 1. The molecule has 0 spiro atoms. The van der Waals surface area contributed by atoms with Crippen molar-refractivity contribution in [1.82, 2.24) is 4.57 Å². The predicted molar refractivity (Wildman–Crippen MR) is 66.7 cm³/mol. The maximum atomic E-state index is 11.8. The fraction of sp³-hybridized carbons (Fsp3) is 0.583. The number of rotatable bonds is 6. The first-order chi connectivity index (χ1) is 8.47. The quantitative estimate of drug-likeness (QED) is 0.338. The van der Waals surface area contributed by atoms with Gasteiger partial charge in [-0.1, -0.05) is 13.3 Å². The van der Waals surface area contributed by atoms with Crippen molar-refractivity contribution in [2.75, 3.05) is 6.61 Å². The third-order valence-electron chi connectivity index (χ3n) is 2.54. The minimum absolute atomic E-state index is 0.0348. The molecule has 1 aromatic rings. The van der Waals surface area contributed by atoms with Crippen molar-refractivity contribution in [2.45, 2.75) is 39.7 Å². The first kappa shape index (κ1) is 14.2. The Kier molecular flexibility index (Phi) is 4.88. The lowest BCUT2D eigenvalue weighted by Crippen LogP contribution is -2.13. The minimum atomic E-state index is -0.512. The van der Waals surface area contributed by atoms with Gasteiger partial charge in [-0.3, -0.25) is 10.1 Å². The van der Waals surface area contributed by atoms with E-state index in [4.69, 9.17) is 4.74 Å². The Morgan fingerprint density at radius 1 is 1.56 bits per heavy atom. The molecule has 6 nitrogen and oxygen atoms in total. The van der Waals surface area contributed by atoms with Crippen LogP contribution in [0.3, 0.4) is 0 Å². The monoisotopic (exact) mass is 254 g/mol. The maximum absolute atomic E-state index is 11.8. The molecule has 0 fully saturated rings. The molecule has 1 aromatic heterocycles. The number of unbranched alkanes of at least 4 members (excludes halogenated alkanes) is 1. The van der Waals surface area contributed by atoms with Crippen LogP contribution >= 0.6 is 0 Å². The summed E-state index contributed by atoms with van der Waals surface area (Å²) >= 11 is 0. The number of aromatic nitrogens is 1. The molecule has 0 aromatic carbocycles. The number of carbonyl (C=O) groups is 1. The van der Waals surface area contributed by atoms with Gasteiger partial charge in [0.15, 0.2) is 0 Å².